The summed E-state index contributed by atoms with van der Waals surface area (Å²) in [4.78, 5) is 4.71. The standard InChI is InChI=1S/C27H47N5O2/c1-25-10-7-19(34-16-3-13-28)17-18(25)5-6-21-20(25)8-11-26(2)22(9-12-27(21,26)33)23(32-29)24-30-14-4-15-31-24/h18-22,33H,3-17,28-29H2,1-2H3,(H,30,31)/b32-23+/t18?,19?,20-,21-,22?,25+,26-,27-/m1/s1. The second kappa shape index (κ2) is 9.36. The van der Waals surface area contributed by atoms with E-state index >= 15 is 0 Å². The first kappa shape index (κ1) is 24.5. The molecule has 0 aromatic heterocycles. The average molecular weight is 474 g/mol. The molecule has 4 fully saturated rings. The van der Waals surface area contributed by atoms with Crippen LogP contribution in [0.15, 0.2) is 10.1 Å². The van der Waals surface area contributed by atoms with E-state index in [1.165, 1.54) is 25.7 Å². The van der Waals surface area contributed by atoms with E-state index in [1.807, 2.05) is 0 Å². The molecule has 0 radical (unpaired) electrons. The van der Waals surface area contributed by atoms with Crippen LogP contribution >= 0.6 is 0 Å². The molecule has 0 spiro atoms. The van der Waals surface area contributed by atoms with Gasteiger partial charge in [0.2, 0.25) is 0 Å². The van der Waals surface area contributed by atoms with Crippen molar-refractivity contribution in [3.05, 3.63) is 0 Å². The fourth-order valence-corrected chi connectivity index (χ4v) is 9.13. The monoisotopic (exact) mass is 473 g/mol. The van der Waals surface area contributed by atoms with Crippen molar-refractivity contribution in [2.75, 3.05) is 26.2 Å². The zero-order valence-corrected chi connectivity index (χ0v) is 21.4. The predicted octanol–water partition coefficient (Wildman–Crippen LogP) is 3.20. The minimum atomic E-state index is -0.645. The molecular weight excluding hydrogens is 426 g/mol. The smallest absolute Gasteiger partial charge is 0.145 e. The van der Waals surface area contributed by atoms with E-state index in [-0.39, 0.29) is 11.3 Å². The molecule has 0 saturated heterocycles. The number of aliphatic imine (C=N–C) groups is 1. The third-order valence-electron chi connectivity index (χ3n) is 11.1. The van der Waals surface area contributed by atoms with Crippen LogP contribution in [0.1, 0.15) is 84.5 Å². The maximum atomic E-state index is 12.5. The molecule has 34 heavy (non-hydrogen) atoms. The molecule has 4 saturated carbocycles. The molecule has 5 aliphatic rings. The van der Waals surface area contributed by atoms with Gasteiger partial charge in [0.05, 0.1) is 11.7 Å². The van der Waals surface area contributed by atoms with E-state index in [9.17, 15) is 5.11 Å². The van der Waals surface area contributed by atoms with Gasteiger partial charge in [0, 0.05) is 31.0 Å². The van der Waals surface area contributed by atoms with Crippen LogP contribution in [0.4, 0.5) is 0 Å². The summed E-state index contributed by atoms with van der Waals surface area (Å²) in [5, 5.41) is 20.2. The molecule has 1 aliphatic heterocycles. The number of nitrogens with zero attached hydrogens (tertiary/aromatic N) is 2. The van der Waals surface area contributed by atoms with Crippen molar-refractivity contribution in [3.8, 4) is 0 Å². The van der Waals surface area contributed by atoms with E-state index in [0.717, 1.165) is 76.2 Å². The van der Waals surface area contributed by atoms with E-state index in [0.29, 0.717) is 35.8 Å². The van der Waals surface area contributed by atoms with Crippen molar-refractivity contribution >= 4 is 11.5 Å². The van der Waals surface area contributed by atoms with Crippen LogP contribution in [0.25, 0.3) is 0 Å². The zero-order valence-electron chi connectivity index (χ0n) is 21.4. The SMILES string of the molecule is C[C@]12CCC(OCCCN)CC1CC[C@@H]1[C@H]2CC[C@]2(C)C(/C(=N\N)C3=NCCCN3)CC[C@@]12O. The van der Waals surface area contributed by atoms with Crippen molar-refractivity contribution in [2.24, 2.45) is 56.2 Å². The first-order valence-corrected chi connectivity index (χ1v) is 14.0. The third kappa shape index (κ3) is 3.72. The molecule has 0 aromatic rings. The summed E-state index contributed by atoms with van der Waals surface area (Å²) in [6, 6.07) is 0. The molecular formula is C27H47N5O2. The lowest BCUT2D eigenvalue weighted by atomic mass is 9.43. The number of hydrazone groups is 1. The predicted molar refractivity (Wildman–Crippen MR) is 137 cm³/mol. The fourth-order valence-electron chi connectivity index (χ4n) is 9.13. The molecule has 0 amide bonds. The van der Waals surface area contributed by atoms with Gasteiger partial charge >= 0.3 is 0 Å². The minimum Gasteiger partial charge on any atom is -0.389 e. The van der Waals surface area contributed by atoms with Gasteiger partial charge in [0.25, 0.3) is 0 Å². The highest BCUT2D eigenvalue weighted by Crippen LogP contribution is 2.69. The largest absolute Gasteiger partial charge is 0.389 e. The molecule has 8 atom stereocenters. The van der Waals surface area contributed by atoms with Crippen LogP contribution < -0.4 is 16.9 Å². The molecule has 6 N–H and O–H groups in total. The van der Waals surface area contributed by atoms with Crippen molar-refractivity contribution in [1.82, 2.24) is 5.32 Å². The first-order chi connectivity index (χ1) is 16.4. The maximum absolute atomic E-state index is 12.5. The Bertz CT molecular complexity index is 817. The summed E-state index contributed by atoms with van der Waals surface area (Å²) in [6.45, 7) is 8.11. The van der Waals surface area contributed by atoms with E-state index in [2.05, 4.69) is 24.3 Å². The number of aliphatic hydroxyl groups is 1. The number of fused-ring (bicyclic) bond motifs is 5. The highest BCUT2D eigenvalue weighted by atomic mass is 16.5. The summed E-state index contributed by atoms with van der Waals surface area (Å²) in [5.74, 6) is 8.68. The number of rotatable bonds is 6. The Morgan fingerprint density at radius 3 is 2.74 bits per heavy atom. The third-order valence-corrected chi connectivity index (χ3v) is 11.1. The topological polar surface area (TPSA) is 118 Å². The summed E-state index contributed by atoms with van der Waals surface area (Å²) >= 11 is 0. The van der Waals surface area contributed by atoms with Gasteiger partial charge in [-0.1, -0.05) is 13.8 Å². The number of nitrogens with two attached hydrogens (primary N) is 2. The van der Waals surface area contributed by atoms with Crippen LogP contribution in [0.5, 0.6) is 0 Å². The van der Waals surface area contributed by atoms with Crippen molar-refractivity contribution in [2.45, 2.75) is 96.2 Å². The van der Waals surface area contributed by atoms with Crippen LogP contribution in [-0.4, -0.2) is 54.6 Å². The van der Waals surface area contributed by atoms with Crippen LogP contribution in [0.3, 0.4) is 0 Å². The normalized spacial score (nSPS) is 46.6. The molecule has 5 rings (SSSR count). The summed E-state index contributed by atoms with van der Waals surface area (Å²) in [5.41, 5.74) is 6.03. The highest BCUT2D eigenvalue weighted by Gasteiger charge is 2.68. The van der Waals surface area contributed by atoms with Gasteiger partial charge in [-0.15, -0.1) is 0 Å². The highest BCUT2D eigenvalue weighted by molar-refractivity contribution is 6.42. The molecule has 3 unspecified atom stereocenters. The van der Waals surface area contributed by atoms with Crippen LogP contribution in [0.2, 0.25) is 0 Å². The van der Waals surface area contributed by atoms with Crippen molar-refractivity contribution in [3.63, 3.8) is 0 Å². The van der Waals surface area contributed by atoms with E-state index < -0.39 is 5.60 Å². The Kier molecular flexibility index (Phi) is 6.75. The number of ether oxygens (including phenoxy) is 1. The number of nitrogens with one attached hydrogen (secondary N) is 1. The van der Waals surface area contributed by atoms with E-state index in [4.69, 9.17) is 21.3 Å². The number of hydrogen-bond acceptors (Lipinski definition) is 7. The Hall–Kier alpha value is -1.18. The van der Waals surface area contributed by atoms with Crippen molar-refractivity contribution in [1.29, 1.82) is 0 Å². The van der Waals surface area contributed by atoms with Gasteiger partial charge in [-0.05, 0) is 100 Å². The van der Waals surface area contributed by atoms with Gasteiger partial charge in [-0.2, -0.15) is 5.10 Å². The second-order valence-electron chi connectivity index (χ2n) is 12.4. The summed E-state index contributed by atoms with van der Waals surface area (Å²) in [6.07, 6.45) is 12.3. The molecule has 0 aromatic carbocycles. The Morgan fingerprint density at radius 2 is 2.00 bits per heavy atom. The second-order valence-corrected chi connectivity index (χ2v) is 12.4. The average Bonchev–Trinajstić information content (AvgIpc) is 3.12. The summed E-state index contributed by atoms with van der Waals surface area (Å²) < 4.78 is 6.20. The van der Waals surface area contributed by atoms with Gasteiger partial charge in [-0.25, -0.2) is 0 Å². The van der Waals surface area contributed by atoms with Crippen LogP contribution in [0, 0.1) is 34.5 Å². The molecule has 1 heterocycles. The Labute approximate surface area is 205 Å². The zero-order chi connectivity index (χ0) is 24.0. The van der Waals surface area contributed by atoms with Gasteiger partial charge < -0.3 is 26.7 Å². The van der Waals surface area contributed by atoms with Gasteiger partial charge in [0.15, 0.2) is 0 Å². The Morgan fingerprint density at radius 1 is 1.15 bits per heavy atom. The van der Waals surface area contributed by atoms with Gasteiger partial charge in [0.1, 0.15) is 11.5 Å². The fraction of sp³-hybridized carbons (Fsp3) is 0.926. The van der Waals surface area contributed by atoms with Crippen LogP contribution in [-0.2, 0) is 4.74 Å². The molecule has 4 aliphatic carbocycles. The van der Waals surface area contributed by atoms with E-state index in [1.54, 1.807) is 0 Å². The lowest BCUT2D eigenvalue weighted by Crippen LogP contribution is -2.63. The number of amidine groups is 1. The molecule has 192 valence electrons. The maximum Gasteiger partial charge on any atom is 0.145 e. The summed E-state index contributed by atoms with van der Waals surface area (Å²) in [7, 11) is 0. The quantitative estimate of drug-likeness (QED) is 0.204. The molecule has 7 nitrogen and oxygen atoms in total. The van der Waals surface area contributed by atoms with Crippen molar-refractivity contribution < 1.29 is 9.84 Å². The lowest BCUT2D eigenvalue weighted by Gasteiger charge is -2.63. The Balaban J connectivity index is 1.35. The first-order valence-electron chi connectivity index (χ1n) is 14.0. The molecule has 0 bridgehead atoms. The molecule has 7 heteroatoms. The lowest BCUT2D eigenvalue weighted by molar-refractivity contribution is -0.208. The van der Waals surface area contributed by atoms with Gasteiger partial charge in [-0.3, -0.25) is 4.99 Å². The minimum absolute atomic E-state index is 0.171. The number of hydrogen-bond donors (Lipinski definition) is 4.